The highest BCUT2D eigenvalue weighted by molar-refractivity contribution is 5.96. The Bertz CT molecular complexity index is 584. The Kier molecular flexibility index (Phi) is 5.49. The number of amides is 1. The van der Waals surface area contributed by atoms with Crippen molar-refractivity contribution >= 4 is 11.6 Å². The van der Waals surface area contributed by atoms with Crippen LogP contribution in [0.1, 0.15) is 17.0 Å². The monoisotopic (exact) mass is 284 g/mol. The third kappa shape index (κ3) is 3.90. The van der Waals surface area contributed by atoms with E-state index in [1.165, 1.54) is 0 Å². The number of carbonyl (C=O) groups excluding carboxylic acids is 1. The summed E-state index contributed by atoms with van der Waals surface area (Å²) in [6.07, 6.45) is 0. The number of methoxy groups -OCH3 is 1. The van der Waals surface area contributed by atoms with Gasteiger partial charge in [-0.1, -0.05) is 48.5 Å². The van der Waals surface area contributed by atoms with Gasteiger partial charge in [0.2, 0.25) is 5.91 Å². The fourth-order valence-corrected chi connectivity index (χ4v) is 2.22. The number of nitrogens with two attached hydrogens (primary N) is 1. The Morgan fingerprint density at radius 1 is 1.14 bits per heavy atom. The summed E-state index contributed by atoms with van der Waals surface area (Å²) in [7, 11) is 1.63. The second-order valence-electron chi connectivity index (χ2n) is 4.78. The number of para-hydroxylation sites is 1. The molecule has 21 heavy (non-hydrogen) atoms. The molecule has 0 radical (unpaired) electrons. The fourth-order valence-electron chi connectivity index (χ4n) is 2.22. The van der Waals surface area contributed by atoms with Gasteiger partial charge in [0.25, 0.3) is 0 Å². The van der Waals surface area contributed by atoms with E-state index < -0.39 is 0 Å². The lowest BCUT2D eigenvalue weighted by Gasteiger charge is -2.17. The smallest absolute Gasteiger partial charge is 0.233 e. The van der Waals surface area contributed by atoms with Crippen LogP contribution in [0.5, 0.6) is 0 Å². The number of benzene rings is 2. The molecule has 0 aromatic heterocycles. The lowest BCUT2D eigenvalue weighted by Crippen LogP contribution is -2.27. The zero-order valence-corrected chi connectivity index (χ0v) is 12.1. The molecular weight excluding hydrogens is 264 g/mol. The molecule has 0 aliphatic heterocycles. The Morgan fingerprint density at radius 3 is 2.48 bits per heavy atom. The number of nitrogens with one attached hydrogen (secondary N) is 1. The van der Waals surface area contributed by atoms with E-state index in [2.05, 4.69) is 5.32 Å². The van der Waals surface area contributed by atoms with Gasteiger partial charge in [-0.15, -0.1) is 0 Å². The van der Waals surface area contributed by atoms with Crippen molar-refractivity contribution in [1.29, 1.82) is 0 Å². The maximum atomic E-state index is 12.5. The van der Waals surface area contributed by atoms with E-state index in [9.17, 15) is 4.79 Å². The topological polar surface area (TPSA) is 64.3 Å². The van der Waals surface area contributed by atoms with Crippen LogP contribution in [0.3, 0.4) is 0 Å². The van der Waals surface area contributed by atoms with Crippen LogP contribution >= 0.6 is 0 Å². The van der Waals surface area contributed by atoms with Crippen LogP contribution in [-0.2, 0) is 16.1 Å². The SMILES string of the molecule is COCc1ccccc1NC(=O)C(CN)c1ccccc1. The van der Waals surface area contributed by atoms with Crippen LogP contribution in [0.4, 0.5) is 5.69 Å². The second-order valence-corrected chi connectivity index (χ2v) is 4.78. The van der Waals surface area contributed by atoms with Gasteiger partial charge < -0.3 is 15.8 Å². The Balaban J connectivity index is 2.17. The molecule has 4 heteroatoms. The van der Waals surface area contributed by atoms with E-state index in [1.807, 2.05) is 54.6 Å². The molecule has 2 aromatic carbocycles. The lowest BCUT2D eigenvalue weighted by molar-refractivity contribution is -0.117. The summed E-state index contributed by atoms with van der Waals surface area (Å²) in [5.74, 6) is -0.464. The van der Waals surface area contributed by atoms with E-state index in [4.69, 9.17) is 10.5 Å². The van der Waals surface area contributed by atoms with Crippen LogP contribution in [0.15, 0.2) is 54.6 Å². The molecule has 2 rings (SSSR count). The summed E-state index contributed by atoms with van der Waals surface area (Å²) in [5, 5.41) is 2.95. The van der Waals surface area contributed by atoms with Gasteiger partial charge in [-0.3, -0.25) is 4.79 Å². The number of rotatable bonds is 6. The number of hydrogen-bond donors (Lipinski definition) is 2. The van der Waals surface area contributed by atoms with E-state index in [0.29, 0.717) is 6.61 Å². The van der Waals surface area contributed by atoms with Gasteiger partial charge in [-0.25, -0.2) is 0 Å². The van der Waals surface area contributed by atoms with E-state index in [1.54, 1.807) is 7.11 Å². The van der Waals surface area contributed by atoms with Crippen molar-refractivity contribution in [1.82, 2.24) is 0 Å². The van der Waals surface area contributed by atoms with E-state index in [0.717, 1.165) is 16.8 Å². The summed E-state index contributed by atoms with van der Waals surface area (Å²) in [4.78, 5) is 12.5. The third-order valence-corrected chi connectivity index (χ3v) is 3.33. The van der Waals surface area contributed by atoms with Gasteiger partial charge in [0, 0.05) is 24.9 Å². The highest BCUT2D eigenvalue weighted by atomic mass is 16.5. The zero-order valence-electron chi connectivity index (χ0n) is 12.1. The Labute approximate surface area is 124 Å². The summed E-state index contributed by atoms with van der Waals surface area (Å²) < 4.78 is 5.15. The first-order chi connectivity index (χ1) is 10.3. The molecule has 0 saturated carbocycles. The van der Waals surface area contributed by atoms with Crippen molar-refractivity contribution in [2.75, 3.05) is 19.0 Å². The van der Waals surface area contributed by atoms with Crippen molar-refractivity contribution in [3.63, 3.8) is 0 Å². The fraction of sp³-hybridized carbons (Fsp3) is 0.235. The second kappa shape index (κ2) is 7.57. The Hall–Kier alpha value is -2.17. The van der Waals surface area contributed by atoms with Gasteiger partial charge in [-0.2, -0.15) is 0 Å². The summed E-state index contributed by atoms with van der Waals surface area (Å²) in [5.41, 5.74) is 8.39. The molecule has 110 valence electrons. The number of hydrogen-bond acceptors (Lipinski definition) is 3. The van der Waals surface area contributed by atoms with Gasteiger partial charge in [0.15, 0.2) is 0 Å². The van der Waals surface area contributed by atoms with Crippen LogP contribution in [0.2, 0.25) is 0 Å². The van der Waals surface area contributed by atoms with Gasteiger partial charge in [-0.05, 0) is 11.6 Å². The van der Waals surface area contributed by atoms with E-state index >= 15 is 0 Å². The molecule has 4 nitrogen and oxygen atoms in total. The molecule has 0 aliphatic carbocycles. The number of carbonyl (C=O) groups is 1. The quantitative estimate of drug-likeness (QED) is 0.856. The maximum absolute atomic E-state index is 12.5. The maximum Gasteiger partial charge on any atom is 0.233 e. The molecular formula is C17H20N2O2. The number of ether oxygens (including phenoxy) is 1. The number of anilines is 1. The van der Waals surface area contributed by atoms with Crippen LogP contribution < -0.4 is 11.1 Å². The molecule has 0 saturated heterocycles. The standard InChI is InChI=1S/C17H20N2O2/c1-21-12-14-9-5-6-10-16(14)19-17(20)15(11-18)13-7-3-2-4-8-13/h2-10,15H,11-12,18H2,1H3,(H,19,20). The minimum absolute atomic E-state index is 0.104. The van der Waals surface area contributed by atoms with Gasteiger partial charge >= 0.3 is 0 Å². The third-order valence-electron chi connectivity index (χ3n) is 3.33. The van der Waals surface area contributed by atoms with Gasteiger partial charge in [0.1, 0.15) is 0 Å². The molecule has 0 heterocycles. The molecule has 1 atom stereocenters. The molecule has 0 fully saturated rings. The average Bonchev–Trinajstić information content (AvgIpc) is 2.51. The van der Waals surface area contributed by atoms with E-state index in [-0.39, 0.29) is 18.4 Å². The van der Waals surface area contributed by atoms with Crippen LogP contribution in [0.25, 0.3) is 0 Å². The molecule has 0 spiro atoms. The van der Waals surface area contributed by atoms with Crippen LogP contribution in [-0.4, -0.2) is 19.6 Å². The normalized spacial score (nSPS) is 11.9. The van der Waals surface area contributed by atoms with Crippen molar-refractivity contribution in [2.24, 2.45) is 5.73 Å². The first kappa shape index (κ1) is 15.2. The average molecular weight is 284 g/mol. The van der Waals surface area contributed by atoms with Crippen LogP contribution in [0, 0.1) is 0 Å². The minimum atomic E-state index is -0.359. The molecule has 1 amide bonds. The van der Waals surface area contributed by atoms with Crippen molar-refractivity contribution in [3.8, 4) is 0 Å². The lowest BCUT2D eigenvalue weighted by atomic mass is 9.98. The van der Waals surface area contributed by atoms with Gasteiger partial charge in [0.05, 0.1) is 12.5 Å². The highest BCUT2D eigenvalue weighted by Crippen LogP contribution is 2.20. The van der Waals surface area contributed by atoms with Crippen molar-refractivity contribution in [3.05, 3.63) is 65.7 Å². The van der Waals surface area contributed by atoms with Crippen molar-refractivity contribution < 1.29 is 9.53 Å². The minimum Gasteiger partial charge on any atom is -0.380 e. The highest BCUT2D eigenvalue weighted by Gasteiger charge is 2.19. The predicted molar refractivity (Wildman–Crippen MR) is 84.0 cm³/mol. The summed E-state index contributed by atoms with van der Waals surface area (Å²) in [6, 6.07) is 17.2. The molecule has 1 unspecified atom stereocenters. The molecule has 0 aliphatic rings. The first-order valence-corrected chi connectivity index (χ1v) is 6.89. The summed E-state index contributed by atoms with van der Waals surface area (Å²) >= 11 is 0. The molecule has 0 bridgehead atoms. The first-order valence-electron chi connectivity index (χ1n) is 6.89. The van der Waals surface area contributed by atoms with Crippen molar-refractivity contribution in [2.45, 2.75) is 12.5 Å². The summed E-state index contributed by atoms with van der Waals surface area (Å²) in [6.45, 7) is 0.720. The molecule has 2 aromatic rings. The largest absolute Gasteiger partial charge is 0.380 e. The molecule has 3 N–H and O–H groups in total. The predicted octanol–water partition coefficient (Wildman–Crippen LogP) is 2.51. The zero-order chi connectivity index (χ0) is 15.1. The Morgan fingerprint density at radius 2 is 1.81 bits per heavy atom.